The van der Waals surface area contributed by atoms with Gasteiger partial charge < -0.3 is 5.11 Å². The summed E-state index contributed by atoms with van der Waals surface area (Å²) in [6.07, 6.45) is 0. The monoisotopic (exact) mass is 260 g/mol. The van der Waals surface area contributed by atoms with Gasteiger partial charge in [-0.1, -0.05) is 18.2 Å². The molecule has 1 heterocycles. The lowest BCUT2D eigenvalue weighted by Crippen LogP contribution is -2.04. The summed E-state index contributed by atoms with van der Waals surface area (Å²) in [4.78, 5) is 12.1. The molecule has 0 aliphatic heterocycles. The minimum absolute atomic E-state index is 0.209. The summed E-state index contributed by atoms with van der Waals surface area (Å²) in [5.74, 6) is -0.970. The third kappa shape index (κ3) is 2.75. The van der Waals surface area contributed by atoms with Crippen molar-refractivity contribution in [1.82, 2.24) is 0 Å². The summed E-state index contributed by atoms with van der Waals surface area (Å²) in [6.45, 7) is 1.88. The van der Waals surface area contributed by atoms with Gasteiger partial charge in [-0.25, -0.2) is 4.79 Å². The third-order valence-electron chi connectivity index (χ3n) is 2.38. The minimum atomic E-state index is -0.970. The van der Waals surface area contributed by atoms with E-state index in [1.165, 1.54) is 0 Å². The smallest absolute Gasteiger partial charge is 0.337 e. The maximum absolute atomic E-state index is 11.0. The van der Waals surface area contributed by atoms with Crippen molar-refractivity contribution in [2.45, 2.75) is 6.92 Å². The molecular weight excluding hydrogens is 248 g/mol. The molecule has 0 atom stereocenters. The van der Waals surface area contributed by atoms with Crippen LogP contribution in [0.2, 0.25) is 0 Å². The van der Waals surface area contributed by atoms with Gasteiger partial charge in [-0.2, -0.15) is 5.10 Å². The average molecular weight is 260 g/mol. The normalized spacial score (nSPS) is 11.3. The van der Waals surface area contributed by atoms with Crippen molar-refractivity contribution in [2.75, 3.05) is 5.43 Å². The van der Waals surface area contributed by atoms with E-state index in [0.29, 0.717) is 5.69 Å². The summed E-state index contributed by atoms with van der Waals surface area (Å²) < 4.78 is 0. The average Bonchev–Trinajstić information content (AvgIpc) is 2.90. The quantitative estimate of drug-likeness (QED) is 0.655. The Hall–Kier alpha value is -2.14. The Morgan fingerprint density at radius 1 is 1.28 bits per heavy atom. The van der Waals surface area contributed by atoms with Crippen LogP contribution in [0.25, 0.3) is 0 Å². The maximum Gasteiger partial charge on any atom is 0.337 e. The molecule has 0 saturated heterocycles. The molecule has 92 valence electrons. The first-order chi connectivity index (χ1) is 8.68. The van der Waals surface area contributed by atoms with Gasteiger partial charge >= 0.3 is 5.97 Å². The Morgan fingerprint density at radius 3 is 2.72 bits per heavy atom. The van der Waals surface area contributed by atoms with Gasteiger partial charge in [-0.15, -0.1) is 11.3 Å². The second kappa shape index (κ2) is 5.46. The number of carboxylic acid groups (broad SMARTS) is 1. The Kier molecular flexibility index (Phi) is 3.74. The number of para-hydroxylation sites is 1. The number of aromatic carboxylic acids is 1. The van der Waals surface area contributed by atoms with E-state index in [1.54, 1.807) is 35.6 Å². The molecule has 18 heavy (non-hydrogen) atoms. The van der Waals surface area contributed by atoms with Gasteiger partial charge in [0.05, 0.1) is 17.0 Å². The Labute approximate surface area is 109 Å². The molecule has 1 aromatic heterocycles. The number of nitrogens with one attached hydrogen (secondary N) is 1. The van der Waals surface area contributed by atoms with Gasteiger partial charge in [0.15, 0.2) is 0 Å². The van der Waals surface area contributed by atoms with E-state index in [1.807, 2.05) is 24.4 Å². The molecule has 4 nitrogen and oxygen atoms in total. The topological polar surface area (TPSA) is 61.7 Å². The Morgan fingerprint density at radius 2 is 2.06 bits per heavy atom. The molecule has 0 saturated carbocycles. The van der Waals surface area contributed by atoms with Crippen molar-refractivity contribution in [3.63, 3.8) is 0 Å². The first-order valence-corrected chi connectivity index (χ1v) is 6.23. The molecular formula is C13H12N2O2S. The molecule has 0 unspecified atom stereocenters. The highest BCUT2D eigenvalue weighted by atomic mass is 32.1. The van der Waals surface area contributed by atoms with Crippen LogP contribution in [-0.2, 0) is 0 Å². The maximum atomic E-state index is 11.0. The second-order valence-corrected chi connectivity index (χ2v) is 4.58. The van der Waals surface area contributed by atoms with Gasteiger partial charge in [0, 0.05) is 4.88 Å². The van der Waals surface area contributed by atoms with Crippen molar-refractivity contribution in [2.24, 2.45) is 5.10 Å². The van der Waals surface area contributed by atoms with Gasteiger partial charge in [-0.05, 0) is 30.5 Å². The highest BCUT2D eigenvalue weighted by Gasteiger charge is 2.08. The predicted molar refractivity (Wildman–Crippen MR) is 73.6 cm³/mol. The van der Waals surface area contributed by atoms with Gasteiger partial charge in [0.25, 0.3) is 0 Å². The number of hydrazone groups is 1. The summed E-state index contributed by atoms with van der Waals surface area (Å²) >= 11 is 1.59. The molecule has 2 rings (SSSR count). The fourth-order valence-electron chi connectivity index (χ4n) is 1.45. The van der Waals surface area contributed by atoms with Crippen LogP contribution in [0.4, 0.5) is 5.69 Å². The number of rotatable bonds is 4. The first kappa shape index (κ1) is 12.3. The van der Waals surface area contributed by atoms with E-state index in [0.717, 1.165) is 10.6 Å². The zero-order valence-electron chi connectivity index (χ0n) is 9.75. The molecule has 0 amide bonds. The fraction of sp³-hybridized carbons (Fsp3) is 0.0769. The van der Waals surface area contributed by atoms with Crippen molar-refractivity contribution < 1.29 is 9.90 Å². The zero-order valence-corrected chi connectivity index (χ0v) is 10.6. The number of anilines is 1. The van der Waals surface area contributed by atoms with Crippen molar-refractivity contribution in [3.8, 4) is 0 Å². The molecule has 0 aliphatic rings. The number of hydrogen-bond acceptors (Lipinski definition) is 4. The lowest BCUT2D eigenvalue weighted by Gasteiger charge is -2.05. The van der Waals surface area contributed by atoms with Crippen LogP contribution in [0.1, 0.15) is 22.2 Å². The van der Waals surface area contributed by atoms with E-state index >= 15 is 0 Å². The predicted octanol–water partition coefficient (Wildman–Crippen LogP) is 3.28. The number of thiophene rings is 1. The van der Waals surface area contributed by atoms with Crippen LogP contribution in [0.5, 0.6) is 0 Å². The second-order valence-electron chi connectivity index (χ2n) is 3.64. The zero-order chi connectivity index (χ0) is 13.0. The van der Waals surface area contributed by atoms with Crippen LogP contribution >= 0.6 is 11.3 Å². The molecule has 0 bridgehead atoms. The number of carbonyl (C=O) groups is 1. The van der Waals surface area contributed by atoms with Gasteiger partial charge in [0.2, 0.25) is 0 Å². The molecule has 1 aromatic carbocycles. The molecule has 0 radical (unpaired) electrons. The highest BCUT2D eigenvalue weighted by Crippen LogP contribution is 2.16. The van der Waals surface area contributed by atoms with Crippen molar-refractivity contribution >= 4 is 28.7 Å². The van der Waals surface area contributed by atoms with E-state index in [9.17, 15) is 4.79 Å². The molecule has 5 heteroatoms. The van der Waals surface area contributed by atoms with Crippen molar-refractivity contribution in [1.29, 1.82) is 0 Å². The molecule has 2 aromatic rings. The molecule has 0 spiro atoms. The van der Waals surface area contributed by atoms with Crippen LogP contribution in [0.3, 0.4) is 0 Å². The molecule has 2 N–H and O–H groups in total. The van der Waals surface area contributed by atoms with Crippen LogP contribution < -0.4 is 5.43 Å². The number of carboxylic acids is 1. The standard InChI is InChI=1S/C13H12N2O2S/c1-9(12-7-4-8-18-12)14-15-11-6-3-2-5-10(11)13(16)17/h2-8,15H,1H3,(H,16,17)/b14-9-. The highest BCUT2D eigenvalue weighted by molar-refractivity contribution is 7.12. The minimum Gasteiger partial charge on any atom is -0.478 e. The number of benzene rings is 1. The van der Waals surface area contributed by atoms with Gasteiger partial charge in [0.1, 0.15) is 0 Å². The molecule has 0 fully saturated rings. The van der Waals surface area contributed by atoms with E-state index in [4.69, 9.17) is 5.11 Å². The van der Waals surface area contributed by atoms with E-state index in [-0.39, 0.29) is 5.56 Å². The lowest BCUT2D eigenvalue weighted by atomic mass is 10.2. The van der Waals surface area contributed by atoms with E-state index in [2.05, 4.69) is 10.5 Å². The third-order valence-corrected chi connectivity index (χ3v) is 3.36. The first-order valence-electron chi connectivity index (χ1n) is 5.35. The van der Waals surface area contributed by atoms with Crippen LogP contribution in [0.15, 0.2) is 46.9 Å². The largest absolute Gasteiger partial charge is 0.478 e. The van der Waals surface area contributed by atoms with Crippen molar-refractivity contribution in [3.05, 3.63) is 52.2 Å². The SMILES string of the molecule is C/C(=N/Nc1ccccc1C(=O)O)c1cccs1. The van der Waals surface area contributed by atoms with Crippen LogP contribution in [-0.4, -0.2) is 16.8 Å². The summed E-state index contributed by atoms with van der Waals surface area (Å²) in [7, 11) is 0. The summed E-state index contributed by atoms with van der Waals surface area (Å²) in [6, 6.07) is 10.6. The fourth-order valence-corrected chi connectivity index (χ4v) is 2.13. The molecule has 0 aliphatic carbocycles. The Balaban J connectivity index is 2.20. The van der Waals surface area contributed by atoms with Gasteiger partial charge in [-0.3, -0.25) is 5.43 Å². The summed E-state index contributed by atoms with van der Waals surface area (Å²) in [5, 5.41) is 15.2. The van der Waals surface area contributed by atoms with E-state index < -0.39 is 5.97 Å². The lowest BCUT2D eigenvalue weighted by molar-refractivity contribution is 0.0698. The summed E-state index contributed by atoms with van der Waals surface area (Å²) in [5.41, 5.74) is 4.32. The number of hydrogen-bond donors (Lipinski definition) is 2. The number of nitrogens with zero attached hydrogens (tertiary/aromatic N) is 1. The van der Waals surface area contributed by atoms with Crippen LogP contribution in [0, 0.1) is 0 Å². The Bertz CT molecular complexity index is 576.